The number of nitrogens with one attached hydrogen (secondary N) is 1. The smallest absolute Gasteiger partial charge is 0.463 e. The Morgan fingerprint density at radius 2 is 1.52 bits per heavy atom. The minimum atomic E-state index is -2.69. The summed E-state index contributed by atoms with van der Waals surface area (Å²) in [6.07, 6.45) is 9.07. The Labute approximate surface area is 152 Å². The molecule has 1 N–H and O–H groups in total. The first-order chi connectivity index (χ1) is 12.0. The molecule has 0 aliphatic rings. The molecule has 0 rings (SSSR count). The number of ether oxygens (including phenoxy) is 1. The van der Waals surface area contributed by atoms with Crippen molar-refractivity contribution in [2.45, 2.75) is 51.5 Å². The van der Waals surface area contributed by atoms with Crippen LogP contribution in [0.15, 0.2) is 12.2 Å². The zero-order valence-corrected chi connectivity index (χ0v) is 17.0. The van der Waals surface area contributed by atoms with E-state index in [1.165, 1.54) is 53.1 Å². The van der Waals surface area contributed by atoms with Crippen LogP contribution in [-0.4, -0.2) is 55.2 Å². The molecule has 0 aliphatic heterocycles. The van der Waals surface area contributed by atoms with Gasteiger partial charge in [-0.05, 0) is 6.42 Å². The third kappa shape index (κ3) is 11.9. The van der Waals surface area contributed by atoms with E-state index in [9.17, 15) is 9.59 Å². The second kappa shape index (κ2) is 15.1. The third-order valence-electron chi connectivity index (χ3n) is 3.78. The summed E-state index contributed by atoms with van der Waals surface area (Å²) in [7, 11) is 1.85. The van der Waals surface area contributed by atoms with Gasteiger partial charge in [-0.3, -0.25) is 4.79 Å². The summed E-state index contributed by atoms with van der Waals surface area (Å²) >= 11 is 0. The van der Waals surface area contributed by atoms with Gasteiger partial charge in [-0.15, -0.1) is 0 Å². The van der Waals surface area contributed by atoms with Gasteiger partial charge in [-0.1, -0.05) is 39.0 Å². The van der Waals surface area contributed by atoms with Gasteiger partial charge in [0.1, 0.15) is 0 Å². The number of hydrogen-bond donors (Lipinski definition) is 1. The Balaban J connectivity index is 3.85. The summed E-state index contributed by atoms with van der Waals surface area (Å²) in [4.78, 5) is 23.2. The van der Waals surface area contributed by atoms with Crippen molar-refractivity contribution in [3.63, 3.8) is 0 Å². The number of carbonyl (C=O) groups is 2. The maximum Gasteiger partial charge on any atom is 0.501 e. The fourth-order valence-electron chi connectivity index (χ4n) is 2.20. The predicted molar refractivity (Wildman–Crippen MR) is 98.1 cm³/mol. The summed E-state index contributed by atoms with van der Waals surface area (Å²) in [5.74, 6) is -0.874. The van der Waals surface area contributed by atoms with Gasteiger partial charge in [0.05, 0.1) is 6.61 Å². The van der Waals surface area contributed by atoms with Gasteiger partial charge in [0.2, 0.25) is 5.91 Å². The standard InChI is InChI=1S/C17H33NO6Si/c1-5-6-7-8-9-10-14-24-17(20)12-11-16(19)18-13-15-25(21-2,22-3)23-4/h11-12H,5-10,13-15H2,1-4H3,(H,18,19)/b12-11+. The summed E-state index contributed by atoms with van der Waals surface area (Å²) < 4.78 is 20.8. The number of carbonyl (C=O) groups excluding carboxylic acids is 2. The maximum atomic E-state index is 11.7. The first-order valence-electron chi connectivity index (χ1n) is 8.81. The van der Waals surface area contributed by atoms with Crippen molar-refractivity contribution in [2.75, 3.05) is 34.5 Å². The van der Waals surface area contributed by atoms with Crippen LogP contribution in [0.2, 0.25) is 6.04 Å². The number of unbranched alkanes of at least 4 members (excludes halogenated alkanes) is 5. The van der Waals surface area contributed by atoms with Crippen molar-refractivity contribution < 1.29 is 27.6 Å². The van der Waals surface area contributed by atoms with E-state index in [1.54, 1.807) is 0 Å². The Bertz CT molecular complexity index is 390. The largest absolute Gasteiger partial charge is 0.501 e. The van der Waals surface area contributed by atoms with Crippen LogP contribution in [0, 0.1) is 0 Å². The number of rotatable bonds is 15. The first-order valence-corrected chi connectivity index (χ1v) is 10.7. The topological polar surface area (TPSA) is 83.1 Å². The molecule has 8 heteroatoms. The Morgan fingerprint density at radius 1 is 0.920 bits per heavy atom. The molecule has 0 spiro atoms. The normalized spacial score (nSPS) is 11.7. The molecule has 0 saturated heterocycles. The molecule has 0 aromatic rings. The highest BCUT2D eigenvalue weighted by atomic mass is 28.4. The van der Waals surface area contributed by atoms with Gasteiger partial charge in [0.25, 0.3) is 0 Å². The fraction of sp³-hybridized carbons (Fsp3) is 0.765. The number of esters is 1. The summed E-state index contributed by atoms with van der Waals surface area (Å²) in [6.45, 7) is 2.90. The molecule has 0 atom stereocenters. The van der Waals surface area contributed by atoms with E-state index in [-0.39, 0.29) is 5.91 Å². The fourth-order valence-corrected chi connectivity index (χ4v) is 3.74. The van der Waals surface area contributed by atoms with Crippen LogP contribution in [0.25, 0.3) is 0 Å². The predicted octanol–water partition coefficient (Wildman–Crippen LogP) is 2.44. The van der Waals surface area contributed by atoms with E-state index in [4.69, 9.17) is 18.0 Å². The monoisotopic (exact) mass is 375 g/mol. The van der Waals surface area contributed by atoms with E-state index in [0.717, 1.165) is 18.9 Å². The summed E-state index contributed by atoms with van der Waals surface area (Å²) in [5, 5.41) is 2.65. The number of hydrogen-bond acceptors (Lipinski definition) is 6. The molecule has 0 aliphatic carbocycles. The lowest BCUT2D eigenvalue weighted by atomic mass is 10.1. The molecule has 0 fully saturated rings. The summed E-state index contributed by atoms with van der Waals surface area (Å²) in [5.41, 5.74) is 0. The number of amides is 1. The van der Waals surface area contributed by atoms with Crippen LogP contribution in [0.5, 0.6) is 0 Å². The van der Waals surface area contributed by atoms with E-state index < -0.39 is 14.8 Å². The second-order valence-electron chi connectivity index (χ2n) is 5.61. The Morgan fingerprint density at radius 3 is 2.12 bits per heavy atom. The van der Waals surface area contributed by atoms with Gasteiger partial charge in [0, 0.05) is 46.1 Å². The minimum Gasteiger partial charge on any atom is -0.463 e. The van der Waals surface area contributed by atoms with Crippen molar-refractivity contribution in [3.8, 4) is 0 Å². The van der Waals surface area contributed by atoms with Crippen LogP contribution in [0.1, 0.15) is 45.4 Å². The van der Waals surface area contributed by atoms with E-state index in [1.807, 2.05) is 0 Å². The van der Waals surface area contributed by atoms with Crippen molar-refractivity contribution >= 4 is 20.7 Å². The Kier molecular flexibility index (Phi) is 14.3. The molecule has 0 heterocycles. The molecule has 7 nitrogen and oxygen atoms in total. The molecular formula is C17H33NO6Si. The summed E-state index contributed by atoms with van der Waals surface area (Å²) in [6, 6.07) is 0.443. The van der Waals surface area contributed by atoms with Gasteiger partial charge in [-0.2, -0.15) is 0 Å². The zero-order chi connectivity index (χ0) is 19.0. The molecule has 146 valence electrons. The van der Waals surface area contributed by atoms with Crippen LogP contribution in [-0.2, 0) is 27.6 Å². The lowest BCUT2D eigenvalue weighted by molar-refractivity contribution is -0.138. The molecule has 0 unspecified atom stereocenters. The SMILES string of the molecule is CCCCCCCCOC(=O)/C=C/C(=O)NCC[Si](OC)(OC)OC. The Hall–Kier alpha value is -1.22. The van der Waals surface area contributed by atoms with Gasteiger partial charge >= 0.3 is 14.8 Å². The molecule has 0 bridgehead atoms. The molecule has 0 aromatic carbocycles. The average Bonchev–Trinajstić information content (AvgIpc) is 2.63. The minimum absolute atomic E-state index is 0.331. The molecule has 0 saturated carbocycles. The molecule has 1 amide bonds. The van der Waals surface area contributed by atoms with Gasteiger partial charge < -0.3 is 23.3 Å². The van der Waals surface area contributed by atoms with Crippen LogP contribution >= 0.6 is 0 Å². The van der Waals surface area contributed by atoms with Crippen LogP contribution < -0.4 is 5.32 Å². The van der Waals surface area contributed by atoms with Crippen molar-refractivity contribution in [2.24, 2.45) is 0 Å². The van der Waals surface area contributed by atoms with Crippen molar-refractivity contribution in [1.82, 2.24) is 5.32 Å². The zero-order valence-electron chi connectivity index (χ0n) is 16.0. The van der Waals surface area contributed by atoms with E-state index in [2.05, 4.69) is 12.2 Å². The van der Waals surface area contributed by atoms with Crippen molar-refractivity contribution in [3.05, 3.63) is 12.2 Å². The van der Waals surface area contributed by atoms with E-state index >= 15 is 0 Å². The average molecular weight is 376 g/mol. The van der Waals surface area contributed by atoms with Crippen LogP contribution in [0.3, 0.4) is 0 Å². The molecular weight excluding hydrogens is 342 g/mol. The lowest BCUT2D eigenvalue weighted by Gasteiger charge is -2.24. The lowest BCUT2D eigenvalue weighted by Crippen LogP contribution is -2.45. The third-order valence-corrected chi connectivity index (χ3v) is 6.50. The maximum absolute atomic E-state index is 11.7. The molecule has 25 heavy (non-hydrogen) atoms. The van der Waals surface area contributed by atoms with Crippen molar-refractivity contribution in [1.29, 1.82) is 0 Å². The van der Waals surface area contributed by atoms with E-state index in [0.29, 0.717) is 19.2 Å². The highest BCUT2D eigenvalue weighted by Crippen LogP contribution is 2.11. The van der Waals surface area contributed by atoms with Gasteiger partial charge in [-0.25, -0.2) is 4.79 Å². The van der Waals surface area contributed by atoms with Gasteiger partial charge in [0.15, 0.2) is 0 Å². The highest BCUT2D eigenvalue weighted by molar-refractivity contribution is 6.60. The molecule has 0 aromatic heterocycles. The highest BCUT2D eigenvalue weighted by Gasteiger charge is 2.37. The van der Waals surface area contributed by atoms with Crippen LogP contribution in [0.4, 0.5) is 0 Å². The quantitative estimate of drug-likeness (QED) is 0.205. The first kappa shape index (κ1) is 23.8. The molecule has 0 radical (unpaired) electrons. The second-order valence-corrected chi connectivity index (χ2v) is 8.70.